The van der Waals surface area contributed by atoms with E-state index in [0.717, 1.165) is 4.31 Å². The Morgan fingerprint density at radius 1 is 0.950 bits per heavy atom. The van der Waals surface area contributed by atoms with E-state index in [1.165, 1.54) is 59.5 Å². The minimum absolute atomic E-state index is 0.0142. The molecule has 1 atom stereocenters. The molecule has 2 amide bonds. The van der Waals surface area contributed by atoms with Crippen LogP contribution in [0.1, 0.15) is 39.7 Å². The maximum Gasteiger partial charge on any atom is 0.264 e. The van der Waals surface area contributed by atoms with Gasteiger partial charge in [-0.25, -0.2) is 12.8 Å². The van der Waals surface area contributed by atoms with Crippen molar-refractivity contribution >= 4 is 50.7 Å². The van der Waals surface area contributed by atoms with E-state index in [4.69, 9.17) is 23.2 Å². The highest BCUT2D eigenvalue weighted by Crippen LogP contribution is 2.35. The SMILES string of the molecule is CC[C@H](C(=O)NC(C)(C)C)N(Cc1ccc(F)cc1)C(=O)CN(c1cccc(Cl)c1Cl)S(=O)(=O)c1ccccc1. The predicted octanol–water partition coefficient (Wildman–Crippen LogP) is 6.05. The maximum absolute atomic E-state index is 14.0. The molecule has 7 nitrogen and oxygen atoms in total. The van der Waals surface area contributed by atoms with Crippen LogP contribution < -0.4 is 9.62 Å². The molecule has 0 unspecified atom stereocenters. The van der Waals surface area contributed by atoms with E-state index in [1.54, 1.807) is 25.1 Å². The first-order valence-corrected chi connectivity index (χ1v) is 14.8. The number of sulfonamides is 1. The molecule has 0 heterocycles. The summed E-state index contributed by atoms with van der Waals surface area (Å²) < 4.78 is 42.2. The second-order valence-corrected chi connectivity index (χ2v) is 12.9. The highest BCUT2D eigenvalue weighted by molar-refractivity contribution is 7.92. The number of carbonyl (C=O) groups is 2. The highest BCUT2D eigenvalue weighted by Gasteiger charge is 2.35. The van der Waals surface area contributed by atoms with Gasteiger partial charge in [-0.3, -0.25) is 13.9 Å². The minimum Gasteiger partial charge on any atom is -0.350 e. The van der Waals surface area contributed by atoms with Gasteiger partial charge in [0.1, 0.15) is 18.4 Å². The standard InChI is InChI=1S/C29H32Cl2FN3O4S/c1-5-24(28(37)33-29(2,3)4)34(18-20-14-16-21(32)17-15-20)26(36)19-35(25-13-9-12-23(30)27(25)31)40(38,39)22-10-7-6-8-11-22/h6-17,24H,5,18-19H2,1-4H3,(H,33,37)/t24-/m1/s1. The molecule has 0 aliphatic carbocycles. The van der Waals surface area contributed by atoms with Crippen LogP contribution in [0.3, 0.4) is 0 Å². The number of rotatable bonds is 10. The van der Waals surface area contributed by atoms with Crippen LogP contribution in [0.15, 0.2) is 77.7 Å². The van der Waals surface area contributed by atoms with Gasteiger partial charge in [-0.05, 0) is 69.2 Å². The van der Waals surface area contributed by atoms with Crippen LogP contribution in [0.25, 0.3) is 0 Å². The molecule has 0 saturated carbocycles. The second kappa shape index (κ2) is 13.0. The van der Waals surface area contributed by atoms with Gasteiger partial charge < -0.3 is 10.2 Å². The molecule has 0 aliphatic rings. The Balaban J connectivity index is 2.10. The molecule has 1 N–H and O–H groups in total. The van der Waals surface area contributed by atoms with E-state index in [2.05, 4.69) is 5.32 Å². The van der Waals surface area contributed by atoms with Crippen LogP contribution >= 0.6 is 23.2 Å². The van der Waals surface area contributed by atoms with Crippen LogP contribution in [0.2, 0.25) is 10.0 Å². The van der Waals surface area contributed by atoms with Gasteiger partial charge in [0.2, 0.25) is 11.8 Å². The van der Waals surface area contributed by atoms with Crippen molar-refractivity contribution in [3.8, 4) is 0 Å². The van der Waals surface area contributed by atoms with Crippen molar-refractivity contribution in [2.75, 3.05) is 10.8 Å². The molecule has 0 aliphatic heterocycles. The fraction of sp³-hybridized carbons (Fsp3) is 0.310. The fourth-order valence-corrected chi connectivity index (χ4v) is 5.97. The van der Waals surface area contributed by atoms with Gasteiger partial charge in [-0.2, -0.15) is 0 Å². The van der Waals surface area contributed by atoms with Crippen molar-refractivity contribution < 1.29 is 22.4 Å². The summed E-state index contributed by atoms with van der Waals surface area (Å²) in [6.07, 6.45) is 0.248. The molecule has 214 valence electrons. The lowest BCUT2D eigenvalue weighted by Gasteiger charge is -2.35. The first-order valence-electron chi connectivity index (χ1n) is 12.6. The van der Waals surface area contributed by atoms with E-state index in [-0.39, 0.29) is 33.6 Å². The Bertz CT molecular complexity index is 1450. The largest absolute Gasteiger partial charge is 0.350 e. The number of nitrogens with one attached hydrogen (secondary N) is 1. The fourth-order valence-electron chi connectivity index (χ4n) is 4.08. The molecule has 40 heavy (non-hydrogen) atoms. The number of carbonyl (C=O) groups excluding carboxylic acids is 2. The summed E-state index contributed by atoms with van der Waals surface area (Å²) in [5.74, 6) is -1.51. The molecular formula is C29H32Cl2FN3O4S. The van der Waals surface area contributed by atoms with E-state index < -0.39 is 45.8 Å². The Kier molecular flexibility index (Phi) is 10.2. The van der Waals surface area contributed by atoms with Crippen molar-refractivity contribution in [1.29, 1.82) is 0 Å². The third-order valence-corrected chi connectivity index (χ3v) is 8.54. The topological polar surface area (TPSA) is 86.8 Å². The van der Waals surface area contributed by atoms with Gasteiger partial charge in [-0.15, -0.1) is 0 Å². The molecule has 0 spiro atoms. The smallest absolute Gasteiger partial charge is 0.264 e. The van der Waals surface area contributed by atoms with Crippen molar-refractivity contribution in [3.63, 3.8) is 0 Å². The number of anilines is 1. The molecule has 3 aromatic carbocycles. The van der Waals surface area contributed by atoms with Gasteiger partial charge in [0.15, 0.2) is 0 Å². The molecule has 0 aromatic heterocycles. The second-order valence-electron chi connectivity index (χ2n) is 10.2. The van der Waals surface area contributed by atoms with E-state index in [1.807, 2.05) is 20.8 Å². The van der Waals surface area contributed by atoms with Gasteiger partial charge in [-0.1, -0.05) is 66.5 Å². The minimum atomic E-state index is -4.29. The summed E-state index contributed by atoms with van der Waals surface area (Å²) in [4.78, 5) is 28.6. The first kappa shape index (κ1) is 31.4. The Labute approximate surface area is 244 Å². The van der Waals surface area contributed by atoms with Crippen LogP contribution in [-0.2, 0) is 26.2 Å². The highest BCUT2D eigenvalue weighted by atomic mass is 35.5. The van der Waals surface area contributed by atoms with Gasteiger partial charge in [0.05, 0.1) is 20.6 Å². The van der Waals surface area contributed by atoms with Crippen LogP contribution in [0.5, 0.6) is 0 Å². The van der Waals surface area contributed by atoms with Crippen LogP contribution in [0, 0.1) is 5.82 Å². The number of nitrogens with zero attached hydrogens (tertiary/aromatic N) is 2. The molecule has 0 radical (unpaired) electrons. The summed E-state index contributed by atoms with van der Waals surface area (Å²) in [6, 6.07) is 16.7. The Morgan fingerprint density at radius 3 is 2.15 bits per heavy atom. The lowest BCUT2D eigenvalue weighted by atomic mass is 10.1. The van der Waals surface area contributed by atoms with Crippen molar-refractivity contribution in [1.82, 2.24) is 10.2 Å². The molecular weight excluding hydrogens is 576 g/mol. The lowest BCUT2D eigenvalue weighted by molar-refractivity contribution is -0.141. The molecule has 0 bridgehead atoms. The normalized spacial score (nSPS) is 12.5. The van der Waals surface area contributed by atoms with Crippen LogP contribution in [-0.4, -0.2) is 43.3 Å². The first-order chi connectivity index (χ1) is 18.7. The summed E-state index contributed by atoms with van der Waals surface area (Å²) in [6.45, 7) is 6.48. The van der Waals surface area contributed by atoms with E-state index in [9.17, 15) is 22.4 Å². The lowest BCUT2D eigenvalue weighted by Crippen LogP contribution is -2.55. The monoisotopic (exact) mass is 607 g/mol. The summed E-state index contributed by atoms with van der Waals surface area (Å²) >= 11 is 12.7. The van der Waals surface area contributed by atoms with Gasteiger partial charge in [0.25, 0.3) is 10.0 Å². The molecule has 11 heteroatoms. The van der Waals surface area contributed by atoms with E-state index >= 15 is 0 Å². The third kappa shape index (κ3) is 7.74. The number of halogens is 3. The zero-order valence-electron chi connectivity index (χ0n) is 22.7. The quantitative estimate of drug-likeness (QED) is 0.304. The Hall–Kier alpha value is -3.14. The summed E-state index contributed by atoms with van der Waals surface area (Å²) in [5.41, 5.74) is 0.00170. The molecule has 3 rings (SSSR count). The van der Waals surface area contributed by atoms with E-state index in [0.29, 0.717) is 5.56 Å². The number of hydrogen-bond acceptors (Lipinski definition) is 4. The zero-order chi connectivity index (χ0) is 29.7. The summed E-state index contributed by atoms with van der Waals surface area (Å²) in [5, 5.41) is 2.96. The maximum atomic E-state index is 14.0. The average molecular weight is 609 g/mol. The molecule has 0 saturated heterocycles. The van der Waals surface area contributed by atoms with Crippen molar-refractivity contribution in [3.05, 3.63) is 94.2 Å². The zero-order valence-corrected chi connectivity index (χ0v) is 25.0. The third-order valence-electron chi connectivity index (χ3n) is 5.96. The molecule has 0 fully saturated rings. The van der Waals surface area contributed by atoms with Crippen molar-refractivity contribution in [2.24, 2.45) is 0 Å². The number of hydrogen-bond donors (Lipinski definition) is 1. The van der Waals surface area contributed by atoms with Crippen molar-refractivity contribution in [2.45, 2.75) is 57.1 Å². The number of benzene rings is 3. The Morgan fingerprint density at radius 2 is 1.57 bits per heavy atom. The predicted molar refractivity (Wildman–Crippen MR) is 156 cm³/mol. The van der Waals surface area contributed by atoms with Crippen LogP contribution in [0.4, 0.5) is 10.1 Å². The number of amides is 2. The average Bonchev–Trinajstić information content (AvgIpc) is 2.89. The molecule has 3 aromatic rings. The summed E-state index contributed by atoms with van der Waals surface area (Å²) in [7, 11) is -4.29. The van der Waals surface area contributed by atoms with Gasteiger partial charge in [0, 0.05) is 12.1 Å². The van der Waals surface area contributed by atoms with Gasteiger partial charge >= 0.3 is 0 Å².